The number of alkyl halides is 2. The van der Waals surface area contributed by atoms with Crippen LogP contribution in [0.2, 0.25) is 0 Å². The fraction of sp³-hybridized carbons (Fsp3) is 0.208. The standard InChI is InChI=1S/C24H21F2N3O8S2/c1-13-4-5-14(22(30)31)10-20(13)39(33,34)29-18-11-15(37-23(25)26)6-7-16(18)28-24(29)38(32)12-17-21(36-3)19(35-2)8-9-27-17/h4-11,23H,12H2,1-3H3,(H,30,31). The summed E-state index contributed by atoms with van der Waals surface area (Å²) in [6, 6.07) is 8.44. The first-order valence-electron chi connectivity index (χ1n) is 11.0. The molecule has 2 aromatic carbocycles. The van der Waals surface area contributed by atoms with Crippen LogP contribution < -0.4 is 14.2 Å². The molecule has 0 amide bonds. The van der Waals surface area contributed by atoms with Gasteiger partial charge in [0.05, 0.1) is 58.0 Å². The van der Waals surface area contributed by atoms with E-state index >= 15 is 0 Å². The Kier molecular flexibility index (Phi) is 7.83. The highest BCUT2D eigenvalue weighted by atomic mass is 32.2. The zero-order valence-corrected chi connectivity index (χ0v) is 22.3. The number of aryl methyl sites for hydroxylation is 1. The number of carboxylic acid groups (broad SMARTS) is 1. The molecule has 11 nitrogen and oxygen atoms in total. The maximum Gasteiger partial charge on any atom is 0.387 e. The van der Waals surface area contributed by atoms with Crippen molar-refractivity contribution in [3.63, 3.8) is 0 Å². The van der Waals surface area contributed by atoms with E-state index in [0.29, 0.717) is 9.72 Å². The van der Waals surface area contributed by atoms with Crippen LogP contribution in [-0.2, 0) is 26.6 Å². The van der Waals surface area contributed by atoms with Crippen LogP contribution in [0, 0.1) is 6.92 Å². The fourth-order valence-electron chi connectivity index (χ4n) is 3.82. The lowest BCUT2D eigenvalue weighted by Gasteiger charge is -2.14. The van der Waals surface area contributed by atoms with Crippen LogP contribution in [0.4, 0.5) is 8.78 Å². The van der Waals surface area contributed by atoms with Crippen molar-refractivity contribution in [3.05, 3.63) is 65.5 Å². The first-order valence-corrected chi connectivity index (χ1v) is 13.7. The molecule has 206 valence electrons. The number of fused-ring (bicyclic) bond motifs is 1. The number of pyridine rings is 1. The fourth-order valence-corrected chi connectivity index (χ4v) is 7.02. The van der Waals surface area contributed by atoms with Crippen LogP contribution in [0.5, 0.6) is 17.2 Å². The van der Waals surface area contributed by atoms with Gasteiger partial charge in [-0.1, -0.05) is 6.07 Å². The lowest BCUT2D eigenvalue weighted by Crippen LogP contribution is -2.19. The van der Waals surface area contributed by atoms with Gasteiger partial charge in [0.15, 0.2) is 11.5 Å². The molecule has 4 rings (SSSR count). The molecule has 2 heterocycles. The Morgan fingerprint density at radius 3 is 2.51 bits per heavy atom. The number of hydrogen-bond acceptors (Lipinski definition) is 9. The van der Waals surface area contributed by atoms with Crippen molar-refractivity contribution in [2.45, 2.75) is 29.3 Å². The third-order valence-corrected chi connectivity index (χ3v) is 8.75. The summed E-state index contributed by atoms with van der Waals surface area (Å²) >= 11 is 0. The molecule has 1 atom stereocenters. The normalized spacial score (nSPS) is 12.5. The molecule has 0 aliphatic carbocycles. The van der Waals surface area contributed by atoms with Crippen LogP contribution in [0.15, 0.2) is 58.7 Å². The number of imidazole rings is 1. The molecular weight excluding hydrogens is 560 g/mol. The van der Waals surface area contributed by atoms with E-state index in [-0.39, 0.29) is 45.1 Å². The third-order valence-electron chi connectivity index (χ3n) is 5.57. The number of benzene rings is 2. The summed E-state index contributed by atoms with van der Waals surface area (Å²) in [4.78, 5) is 19.5. The van der Waals surface area contributed by atoms with Gasteiger partial charge in [0, 0.05) is 18.3 Å². The number of aromatic nitrogens is 3. The van der Waals surface area contributed by atoms with E-state index in [2.05, 4.69) is 14.7 Å². The highest BCUT2D eigenvalue weighted by Crippen LogP contribution is 2.33. The van der Waals surface area contributed by atoms with E-state index in [1.54, 1.807) is 0 Å². The molecule has 0 saturated carbocycles. The van der Waals surface area contributed by atoms with E-state index in [9.17, 15) is 31.3 Å². The molecule has 4 aromatic rings. The molecule has 0 radical (unpaired) electrons. The van der Waals surface area contributed by atoms with Crippen molar-refractivity contribution in [2.75, 3.05) is 14.2 Å². The molecule has 0 fully saturated rings. The molecule has 0 aliphatic heterocycles. The van der Waals surface area contributed by atoms with E-state index in [1.165, 1.54) is 51.6 Å². The van der Waals surface area contributed by atoms with E-state index in [1.807, 2.05) is 0 Å². The van der Waals surface area contributed by atoms with Gasteiger partial charge in [-0.3, -0.25) is 9.19 Å². The number of halogens is 2. The molecule has 1 N–H and O–H groups in total. The SMILES string of the molecule is COc1ccnc(CS(=O)c2nc3ccc(OC(F)F)cc3n2S(=O)(=O)c2cc(C(=O)O)ccc2C)c1OC. The average molecular weight is 582 g/mol. The van der Waals surface area contributed by atoms with E-state index in [4.69, 9.17) is 9.47 Å². The number of methoxy groups -OCH3 is 2. The van der Waals surface area contributed by atoms with Gasteiger partial charge in [-0.05, 0) is 36.8 Å². The second-order valence-corrected chi connectivity index (χ2v) is 11.1. The summed E-state index contributed by atoms with van der Waals surface area (Å²) in [6.07, 6.45) is 1.39. The van der Waals surface area contributed by atoms with Crippen LogP contribution in [0.1, 0.15) is 21.6 Å². The van der Waals surface area contributed by atoms with Crippen molar-refractivity contribution in [1.82, 2.24) is 13.9 Å². The van der Waals surface area contributed by atoms with Crippen LogP contribution in [0.3, 0.4) is 0 Å². The predicted molar refractivity (Wildman–Crippen MR) is 135 cm³/mol. The zero-order chi connectivity index (χ0) is 28.5. The molecular formula is C24H21F2N3O8S2. The molecule has 2 aromatic heterocycles. The lowest BCUT2D eigenvalue weighted by atomic mass is 10.1. The number of nitrogens with zero attached hydrogens (tertiary/aromatic N) is 3. The molecule has 0 bridgehead atoms. The number of carboxylic acids is 1. The van der Waals surface area contributed by atoms with Crippen molar-refractivity contribution in [1.29, 1.82) is 0 Å². The number of aromatic carboxylic acids is 1. The zero-order valence-electron chi connectivity index (χ0n) is 20.6. The largest absolute Gasteiger partial charge is 0.493 e. The van der Waals surface area contributed by atoms with Crippen LogP contribution in [0.25, 0.3) is 11.0 Å². The molecule has 39 heavy (non-hydrogen) atoms. The van der Waals surface area contributed by atoms with Gasteiger partial charge in [0.2, 0.25) is 5.16 Å². The summed E-state index contributed by atoms with van der Waals surface area (Å²) < 4.78 is 83.1. The Morgan fingerprint density at radius 2 is 1.87 bits per heavy atom. The van der Waals surface area contributed by atoms with E-state index in [0.717, 1.165) is 18.2 Å². The summed E-state index contributed by atoms with van der Waals surface area (Å²) in [5.74, 6) is -1.60. The molecule has 0 aliphatic rings. The van der Waals surface area contributed by atoms with Gasteiger partial charge in [-0.2, -0.15) is 8.78 Å². The summed E-state index contributed by atoms with van der Waals surface area (Å²) in [6.45, 7) is -1.74. The Morgan fingerprint density at radius 1 is 1.13 bits per heavy atom. The summed E-state index contributed by atoms with van der Waals surface area (Å²) in [5.41, 5.74) is -0.131. The van der Waals surface area contributed by atoms with Crippen LogP contribution in [-0.4, -0.2) is 58.5 Å². The Bertz CT molecular complexity index is 1710. The molecule has 1 unspecified atom stereocenters. The van der Waals surface area contributed by atoms with Gasteiger partial charge < -0.3 is 19.3 Å². The number of ether oxygens (including phenoxy) is 3. The van der Waals surface area contributed by atoms with Crippen molar-refractivity contribution in [2.24, 2.45) is 0 Å². The highest BCUT2D eigenvalue weighted by Gasteiger charge is 2.30. The van der Waals surface area contributed by atoms with Crippen molar-refractivity contribution < 1.29 is 45.5 Å². The Hall–Kier alpha value is -4.11. The maximum absolute atomic E-state index is 14.0. The number of rotatable bonds is 10. The highest BCUT2D eigenvalue weighted by molar-refractivity contribution is 7.91. The number of carbonyl (C=O) groups is 1. The molecule has 0 spiro atoms. The monoisotopic (exact) mass is 581 g/mol. The molecule has 15 heteroatoms. The topological polar surface area (TPSA) is 147 Å². The molecule has 0 saturated heterocycles. The minimum absolute atomic E-state index is 0.0150. The van der Waals surface area contributed by atoms with Gasteiger partial charge in [-0.25, -0.2) is 22.2 Å². The summed E-state index contributed by atoms with van der Waals surface area (Å²) in [7, 11) is -4.11. The van der Waals surface area contributed by atoms with Gasteiger partial charge >= 0.3 is 12.6 Å². The lowest BCUT2D eigenvalue weighted by molar-refractivity contribution is -0.0497. The second kappa shape index (κ2) is 10.9. The van der Waals surface area contributed by atoms with Crippen molar-refractivity contribution in [3.8, 4) is 17.2 Å². The van der Waals surface area contributed by atoms with Crippen molar-refractivity contribution >= 4 is 37.8 Å². The summed E-state index contributed by atoms with van der Waals surface area (Å²) in [5, 5.41) is 8.96. The van der Waals surface area contributed by atoms with Crippen LogP contribution >= 0.6 is 0 Å². The second-order valence-electron chi connectivity index (χ2n) is 7.96. The average Bonchev–Trinajstić information content (AvgIpc) is 3.28. The quantitative estimate of drug-likeness (QED) is 0.295. The minimum atomic E-state index is -4.67. The van der Waals surface area contributed by atoms with Gasteiger partial charge in [-0.15, -0.1) is 0 Å². The minimum Gasteiger partial charge on any atom is -0.493 e. The third kappa shape index (κ3) is 5.40. The first kappa shape index (κ1) is 27.9. The first-order chi connectivity index (χ1) is 18.5. The van der Waals surface area contributed by atoms with Gasteiger partial charge in [0.25, 0.3) is 10.0 Å². The van der Waals surface area contributed by atoms with E-state index < -0.39 is 43.5 Å². The van der Waals surface area contributed by atoms with Gasteiger partial charge in [0.1, 0.15) is 5.75 Å². The smallest absolute Gasteiger partial charge is 0.387 e. The predicted octanol–water partition coefficient (Wildman–Crippen LogP) is 3.60. The number of hydrogen-bond donors (Lipinski definition) is 1. The Balaban J connectivity index is 1.95. The maximum atomic E-state index is 14.0. The Labute approximate surface area is 223 Å².